The van der Waals surface area contributed by atoms with Gasteiger partial charge in [0.05, 0.1) is 4.92 Å². The second kappa shape index (κ2) is 8.23. The molecule has 3 N–H and O–H groups in total. The van der Waals surface area contributed by atoms with Gasteiger partial charge in [0.2, 0.25) is 0 Å². The number of aliphatic imine (C=N–C) groups is 1. The average molecular weight is 320 g/mol. The Morgan fingerprint density at radius 3 is 2.78 bits per heavy atom. The van der Waals surface area contributed by atoms with Crippen molar-refractivity contribution in [2.24, 2.45) is 16.6 Å². The number of benzene rings is 1. The molecule has 0 saturated carbocycles. The van der Waals surface area contributed by atoms with E-state index in [0.717, 1.165) is 19.5 Å². The lowest BCUT2D eigenvalue weighted by atomic mass is 10.1. The predicted octanol–water partition coefficient (Wildman–Crippen LogP) is 0.995. The molecule has 8 heteroatoms. The molecule has 0 amide bonds. The molecule has 23 heavy (non-hydrogen) atoms. The first-order chi connectivity index (χ1) is 11.0. The van der Waals surface area contributed by atoms with Gasteiger partial charge in [0.25, 0.3) is 5.69 Å². The zero-order valence-electron chi connectivity index (χ0n) is 12.7. The molecule has 1 heterocycles. The quantitative estimate of drug-likeness (QED) is 0.254. The van der Waals surface area contributed by atoms with Crippen molar-refractivity contribution in [3.05, 3.63) is 39.9 Å². The van der Waals surface area contributed by atoms with Gasteiger partial charge in [-0.1, -0.05) is 0 Å². The lowest BCUT2D eigenvalue weighted by Gasteiger charge is -2.06. The third kappa shape index (κ3) is 5.67. The summed E-state index contributed by atoms with van der Waals surface area (Å²) in [6, 6.07) is 5.84. The molecule has 1 fully saturated rings. The van der Waals surface area contributed by atoms with Gasteiger partial charge in [-0.3, -0.25) is 19.9 Å². The molecule has 0 unspecified atom stereocenters. The number of nitro groups is 1. The van der Waals surface area contributed by atoms with Crippen LogP contribution in [0.15, 0.2) is 29.3 Å². The molecule has 1 saturated heterocycles. The summed E-state index contributed by atoms with van der Waals surface area (Å²) >= 11 is 0. The van der Waals surface area contributed by atoms with Crippen LogP contribution in [0.5, 0.6) is 0 Å². The van der Waals surface area contributed by atoms with Gasteiger partial charge < -0.3 is 15.8 Å². The summed E-state index contributed by atoms with van der Waals surface area (Å²) in [6.45, 7) is 2.60. The topological polar surface area (TPSA) is 120 Å². The van der Waals surface area contributed by atoms with Crippen molar-refractivity contribution in [3.63, 3.8) is 0 Å². The van der Waals surface area contributed by atoms with Crippen molar-refractivity contribution in [2.75, 3.05) is 19.6 Å². The lowest BCUT2D eigenvalue weighted by molar-refractivity contribution is -0.384. The highest BCUT2D eigenvalue weighted by atomic mass is 16.6. The molecule has 0 bridgehead atoms. The van der Waals surface area contributed by atoms with Crippen molar-refractivity contribution in [3.8, 4) is 0 Å². The number of carbonyl (C=O) groups excluding carboxylic acids is 1. The summed E-state index contributed by atoms with van der Waals surface area (Å²) in [6.07, 6.45) is 1.02. The van der Waals surface area contributed by atoms with Crippen LogP contribution in [0, 0.1) is 16.0 Å². The fourth-order valence-corrected chi connectivity index (χ4v) is 2.25. The van der Waals surface area contributed by atoms with Crippen molar-refractivity contribution in [2.45, 2.75) is 19.4 Å². The highest BCUT2D eigenvalue weighted by molar-refractivity contribution is 5.96. The zero-order valence-corrected chi connectivity index (χ0v) is 12.7. The van der Waals surface area contributed by atoms with Crippen LogP contribution in [0.25, 0.3) is 0 Å². The van der Waals surface area contributed by atoms with Crippen LogP contribution in [-0.2, 0) is 16.1 Å². The molecule has 1 atom stereocenters. The number of rotatable bonds is 7. The maximum Gasteiger partial charge on any atom is 0.313 e. The molecule has 0 aromatic heterocycles. The van der Waals surface area contributed by atoms with E-state index in [9.17, 15) is 14.9 Å². The molecular formula is C15H20N4O4. The first-order valence-corrected chi connectivity index (χ1v) is 7.43. The van der Waals surface area contributed by atoms with Crippen LogP contribution >= 0.6 is 0 Å². The van der Waals surface area contributed by atoms with Crippen LogP contribution in [-0.4, -0.2) is 36.4 Å². The summed E-state index contributed by atoms with van der Waals surface area (Å²) in [5.74, 6) is 0.282. The smallest absolute Gasteiger partial charge is 0.313 e. The minimum Gasteiger partial charge on any atom is -0.460 e. The Morgan fingerprint density at radius 1 is 1.43 bits per heavy atom. The van der Waals surface area contributed by atoms with E-state index in [-0.39, 0.29) is 24.6 Å². The fraction of sp³-hybridized carbons (Fsp3) is 0.467. The molecule has 1 aromatic carbocycles. The van der Waals surface area contributed by atoms with Gasteiger partial charge in [0, 0.05) is 18.7 Å². The minimum absolute atomic E-state index is 0.00198. The number of esters is 1. The molecule has 1 aliphatic heterocycles. The van der Waals surface area contributed by atoms with Crippen LogP contribution in [0.2, 0.25) is 0 Å². The fourth-order valence-electron chi connectivity index (χ4n) is 2.25. The van der Waals surface area contributed by atoms with Crippen molar-refractivity contribution in [1.82, 2.24) is 5.32 Å². The summed E-state index contributed by atoms with van der Waals surface area (Å²) in [4.78, 5) is 26.0. The van der Waals surface area contributed by atoms with Gasteiger partial charge >= 0.3 is 5.97 Å². The van der Waals surface area contributed by atoms with Crippen LogP contribution in [0.1, 0.15) is 18.4 Å². The van der Waals surface area contributed by atoms with Crippen molar-refractivity contribution >= 4 is 17.5 Å². The SMILES string of the molecule is NC(CC(=O)OCc1ccc([N+](=O)[O-])cc1)=NC[C@@H]1CCNC1. The Kier molecular flexibility index (Phi) is 6.04. The molecule has 1 aromatic rings. The predicted molar refractivity (Wildman–Crippen MR) is 85.0 cm³/mol. The number of nitrogens with one attached hydrogen (secondary N) is 1. The van der Waals surface area contributed by atoms with Gasteiger partial charge in [0.1, 0.15) is 18.9 Å². The van der Waals surface area contributed by atoms with E-state index in [4.69, 9.17) is 10.5 Å². The highest BCUT2D eigenvalue weighted by Crippen LogP contribution is 2.12. The number of carbonyl (C=O) groups is 1. The number of nitrogens with zero attached hydrogens (tertiary/aromatic N) is 2. The normalized spacial score (nSPS) is 17.9. The van der Waals surface area contributed by atoms with Gasteiger partial charge in [-0.05, 0) is 43.1 Å². The maximum atomic E-state index is 11.7. The summed E-state index contributed by atoms with van der Waals surface area (Å²) in [7, 11) is 0. The monoisotopic (exact) mass is 320 g/mol. The second-order valence-corrected chi connectivity index (χ2v) is 5.45. The maximum absolute atomic E-state index is 11.7. The van der Waals surface area contributed by atoms with Crippen molar-refractivity contribution in [1.29, 1.82) is 0 Å². The number of ether oxygens (including phenoxy) is 1. The van der Waals surface area contributed by atoms with Gasteiger partial charge in [-0.15, -0.1) is 0 Å². The number of hydrogen-bond donors (Lipinski definition) is 2. The summed E-state index contributed by atoms with van der Waals surface area (Å²) in [5, 5.41) is 13.8. The number of nitro benzene ring substituents is 1. The molecule has 8 nitrogen and oxygen atoms in total. The van der Waals surface area contributed by atoms with E-state index in [1.807, 2.05) is 0 Å². The zero-order chi connectivity index (χ0) is 16.7. The van der Waals surface area contributed by atoms with E-state index in [2.05, 4.69) is 10.3 Å². The van der Waals surface area contributed by atoms with E-state index >= 15 is 0 Å². The first-order valence-electron chi connectivity index (χ1n) is 7.43. The third-order valence-corrected chi connectivity index (χ3v) is 3.59. The molecular weight excluding hydrogens is 300 g/mol. The summed E-state index contributed by atoms with van der Waals surface area (Å²) < 4.78 is 5.09. The molecule has 124 valence electrons. The number of amidine groups is 1. The van der Waals surface area contributed by atoms with Crippen molar-refractivity contribution < 1.29 is 14.5 Å². The molecule has 1 aliphatic rings. The minimum atomic E-state index is -0.479. The first kappa shape index (κ1) is 16.9. The Balaban J connectivity index is 1.73. The van der Waals surface area contributed by atoms with E-state index in [1.54, 1.807) is 12.1 Å². The van der Waals surface area contributed by atoms with Crippen LogP contribution < -0.4 is 11.1 Å². The Bertz CT molecular complexity index is 580. The van der Waals surface area contributed by atoms with E-state index in [0.29, 0.717) is 18.0 Å². The number of non-ortho nitro benzene ring substituents is 1. The van der Waals surface area contributed by atoms with Gasteiger partial charge in [-0.25, -0.2) is 0 Å². The Labute approximate surface area is 133 Å². The highest BCUT2D eigenvalue weighted by Gasteiger charge is 2.14. The number of nitrogens with two attached hydrogens (primary N) is 1. The molecule has 0 aliphatic carbocycles. The van der Waals surface area contributed by atoms with Gasteiger partial charge in [-0.2, -0.15) is 0 Å². The molecule has 0 spiro atoms. The lowest BCUT2D eigenvalue weighted by Crippen LogP contribution is -2.21. The van der Waals surface area contributed by atoms with Crippen LogP contribution in [0.4, 0.5) is 5.69 Å². The second-order valence-electron chi connectivity index (χ2n) is 5.45. The Hall–Kier alpha value is -2.48. The summed E-state index contributed by atoms with van der Waals surface area (Å²) in [5.41, 5.74) is 6.40. The standard InChI is InChI=1S/C15H20N4O4/c16-14(18-9-12-5-6-17-8-12)7-15(20)23-10-11-1-3-13(4-2-11)19(21)22/h1-4,12,17H,5-10H2,(H2,16,18)/t12-/m1/s1. The molecule has 0 radical (unpaired) electrons. The Morgan fingerprint density at radius 2 is 2.17 bits per heavy atom. The third-order valence-electron chi connectivity index (χ3n) is 3.59. The molecule has 2 rings (SSSR count). The number of hydrogen-bond acceptors (Lipinski definition) is 6. The average Bonchev–Trinajstić information content (AvgIpc) is 3.05. The van der Waals surface area contributed by atoms with E-state index < -0.39 is 10.9 Å². The van der Waals surface area contributed by atoms with E-state index in [1.165, 1.54) is 12.1 Å². The largest absolute Gasteiger partial charge is 0.460 e. The van der Waals surface area contributed by atoms with Crippen LogP contribution in [0.3, 0.4) is 0 Å². The van der Waals surface area contributed by atoms with Gasteiger partial charge in [0.15, 0.2) is 0 Å².